The van der Waals surface area contributed by atoms with Crippen LogP contribution in [0.1, 0.15) is 30.7 Å². The van der Waals surface area contributed by atoms with Crippen molar-refractivity contribution in [2.45, 2.75) is 49.9 Å². The third-order valence-electron chi connectivity index (χ3n) is 8.43. The predicted molar refractivity (Wildman–Crippen MR) is 95.7 cm³/mol. The Balaban J connectivity index is 1.18. The lowest BCUT2D eigenvalue weighted by molar-refractivity contribution is -0.144. The Labute approximate surface area is 170 Å². The average Bonchev–Trinajstić information content (AvgIpc) is 3.18. The minimum absolute atomic E-state index is 0.0723. The molecule has 1 unspecified atom stereocenters. The summed E-state index contributed by atoms with van der Waals surface area (Å²) in [5.74, 6) is 1.41. The van der Waals surface area contributed by atoms with Gasteiger partial charge in [0.25, 0.3) is 6.43 Å². The summed E-state index contributed by atoms with van der Waals surface area (Å²) in [6.07, 6.45) is -5.01. The first-order valence-electron chi connectivity index (χ1n) is 10.4. The van der Waals surface area contributed by atoms with Crippen molar-refractivity contribution in [2.75, 3.05) is 24.6 Å². The molecule has 0 N–H and O–H groups in total. The van der Waals surface area contributed by atoms with E-state index < -0.39 is 34.7 Å². The van der Waals surface area contributed by atoms with Gasteiger partial charge in [-0.1, -0.05) is 0 Å². The Kier molecular flexibility index (Phi) is 3.61. The second kappa shape index (κ2) is 5.57. The van der Waals surface area contributed by atoms with E-state index >= 15 is 0 Å². The average molecular weight is 451 g/mol. The van der Waals surface area contributed by atoms with Crippen LogP contribution in [-0.2, 0) is 28.0 Å². The number of fused-ring (bicyclic) bond motifs is 1. The molecular weight excluding hydrogens is 429 g/mol. The van der Waals surface area contributed by atoms with E-state index in [0.29, 0.717) is 22.2 Å². The summed E-state index contributed by atoms with van der Waals surface area (Å²) >= 11 is 0. The molecule has 1 aromatic heterocycles. The number of piperidine rings is 1. The molecular formula is C19H22F5N3O2S. The van der Waals surface area contributed by atoms with Gasteiger partial charge in [-0.25, -0.2) is 17.2 Å². The summed E-state index contributed by atoms with van der Waals surface area (Å²) in [6.45, 7) is 0.588. The quantitative estimate of drug-likeness (QED) is 0.661. The molecule has 3 heterocycles. The molecule has 5 atom stereocenters. The highest BCUT2D eigenvalue weighted by Crippen LogP contribution is 2.91. The molecule has 5 nitrogen and oxygen atoms in total. The summed E-state index contributed by atoms with van der Waals surface area (Å²) in [5.41, 5.74) is -1.19. The van der Waals surface area contributed by atoms with E-state index in [9.17, 15) is 30.4 Å². The van der Waals surface area contributed by atoms with Crippen molar-refractivity contribution in [1.82, 2.24) is 14.7 Å². The zero-order chi connectivity index (χ0) is 21.3. The molecule has 11 heteroatoms. The van der Waals surface area contributed by atoms with Crippen LogP contribution in [-0.4, -0.2) is 60.2 Å². The summed E-state index contributed by atoms with van der Waals surface area (Å²) in [4.78, 5) is 2.38. The molecule has 4 aliphatic carbocycles. The van der Waals surface area contributed by atoms with Crippen LogP contribution in [0.2, 0.25) is 0 Å². The van der Waals surface area contributed by atoms with Crippen LogP contribution >= 0.6 is 0 Å². The van der Waals surface area contributed by atoms with Gasteiger partial charge in [0.2, 0.25) is 0 Å². The maximum atomic E-state index is 13.3. The molecule has 166 valence electrons. The Bertz CT molecular complexity index is 994. The van der Waals surface area contributed by atoms with Gasteiger partial charge in [0.1, 0.15) is 12.2 Å². The molecule has 2 saturated heterocycles. The van der Waals surface area contributed by atoms with Crippen molar-refractivity contribution in [3.63, 3.8) is 0 Å². The van der Waals surface area contributed by atoms with Gasteiger partial charge in [0.05, 0.1) is 17.2 Å². The zero-order valence-electron chi connectivity index (χ0n) is 16.1. The molecule has 4 saturated carbocycles. The number of hydrogen-bond acceptors (Lipinski definition) is 4. The molecule has 6 fully saturated rings. The monoisotopic (exact) mass is 451 g/mol. The van der Waals surface area contributed by atoms with Crippen LogP contribution in [0.25, 0.3) is 0 Å². The first-order chi connectivity index (χ1) is 14.0. The first-order valence-corrected chi connectivity index (χ1v) is 12.2. The molecule has 0 aromatic carbocycles. The Morgan fingerprint density at radius 2 is 1.83 bits per heavy atom. The fourth-order valence-corrected chi connectivity index (χ4v) is 9.56. The smallest absolute Gasteiger partial charge is 0.300 e. The number of nitrogens with zero attached hydrogens (tertiary/aromatic N) is 3. The van der Waals surface area contributed by atoms with Gasteiger partial charge in [-0.3, -0.25) is 4.68 Å². The fraction of sp³-hybridized carbons (Fsp3) is 0.842. The normalized spacial score (nSPS) is 40.5. The number of likely N-dealkylation sites (tertiary alicyclic amines) is 1. The second-order valence-corrected chi connectivity index (χ2v) is 12.0. The van der Waals surface area contributed by atoms with E-state index in [4.69, 9.17) is 0 Å². The number of hydrogen-bond donors (Lipinski definition) is 0. The van der Waals surface area contributed by atoms with E-state index in [1.54, 1.807) is 0 Å². The van der Waals surface area contributed by atoms with Gasteiger partial charge in [-0.05, 0) is 56.2 Å². The summed E-state index contributed by atoms with van der Waals surface area (Å²) in [5, 5.41) is 4.01. The highest BCUT2D eigenvalue weighted by atomic mass is 32.2. The molecule has 0 amide bonds. The standard InChI is InChI=1S/C19H22F5N3O2S/c20-14(21)7-27-13(19(22,23)24)6-12(25-27)18-10-5-11(16(18)15(10)18)26-3-1-17(2-4-26)8-30(28,29)9-17/h6,10-11,14-16H,1-5,7-9H2/t10-,11-,15-,16?,18-/m1/s1. The number of alkyl halides is 5. The maximum absolute atomic E-state index is 13.3. The Hall–Kier alpha value is -1.23. The molecule has 30 heavy (non-hydrogen) atoms. The summed E-state index contributed by atoms with van der Waals surface area (Å²) < 4.78 is 89.1. The van der Waals surface area contributed by atoms with Crippen LogP contribution in [0.4, 0.5) is 22.0 Å². The molecule has 1 spiro atoms. The topological polar surface area (TPSA) is 55.2 Å². The highest BCUT2D eigenvalue weighted by molar-refractivity contribution is 7.92. The third kappa shape index (κ3) is 2.47. The number of rotatable bonds is 4. The summed E-state index contributed by atoms with van der Waals surface area (Å²) in [7, 11) is -2.87. The fourth-order valence-electron chi connectivity index (χ4n) is 7.20. The van der Waals surface area contributed by atoms with Crippen LogP contribution in [0.5, 0.6) is 0 Å². The van der Waals surface area contributed by atoms with Crippen molar-refractivity contribution in [2.24, 2.45) is 23.2 Å². The molecule has 6 aliphatic rings. The van der Waals surface area contributed by atoms with Crippen molar-refractivity contribution in [1.29, 1.82) is 0 Å². The van der Waals surface area contributed by atoms with Gasteiger partial charge >= 0.3 is 6.18 Å². The van der Waals surface area contributed by atoms with Gasteiger partial charge in [0.15, 0.2) is 9.84 Å². The van der Waals surface area contributed by atoms with Crippen molar-refractivity contribution >= 4 is 9.84 Å². The van der Waals surface area contributed by atoms with Crippen molar-refractivity contribution in [3.05, 3.63) is 17.5 Å². The Morgan fingerprint density at radius 3 is 2.37 bits per heavy atom. The predicted octanol–water partition coefficient (Wildman–Crippen LogP) is 2.56. The van der Waals surface area contributed by atoms with Crippen LogP contribution in [0.15, 0.2) is 6.07 Å². The lowest BCUT2D eigenvalue weighted by Crippen LogP contribution is -2.56. The van der Waals surface area contributed by atoms with Crippen molar-refractivity contribution in [3.8, 4) is 0 Å². The number of aromatic nitrogens is 2. The van der Waals surface area contributed by atoms with E-state index in [0.717, 1.165) is 38.4 Å². The third-order valence-corrected chi connectivity index (χ3v) is 10.5. The minimum Gasteiger partial charge on any atom is -0.300 e. The maximum Gasteiger partial charge on any atom is 0.433 e. The van der Waals surface area contributed by atoms with Gasteiger partial charge in [-0.2, -0.15) is 18.3 Å². The first kappa shape index (κ1) is 19.5. The zero-order valence-corrected chi connectivity index (χ0v) is 16.9. The second-order valence-electron chi connectivity index (χ2n) is 9.95. The number of sulfone groups is 1. The lowest BCUT2D eigenvalue weighted by Gasteiger charge is -2.48. The van der Waals surface area contributed by atoms with E-state index in [1.807, 2.05) is 0 Å². The molecule has 2 bridgehead atoms. The van der Waals surface area contributed by atoms with Gasteiger partial charge < -0.3 is 4.90 Å². The number of halogens is 5. The molecule has 2 aliphatic heterocycles. The summed E-state index contributed by atoms with van der Waals surface area (Å²) in [6, 6.07) is 1.27. The Morgan fingerprint density at radius 1 is 1.17 bits per heavy atom. The lowest BCUT2D eigenvalue weighted by atomic mass is 9.80. The van der Waals surface area contributed by atoms with E-state index in [1.165, 1.54) is 0 Å². The van der Waals surface area contributed by atoms with Crippen molar-refractivity contribution < 1.29 is 30.4 Å². The van der Waals surface area contributed by atoms with E-state index in [-0.39, 0.29) is 34.3 Å². The van der Waals surface area contributed by atoms with Gasteiger partial charge in [0, 0.05) is 16.9 Å². The highest BCUT2D eigenvalue weighted by Gasteiger charge is 2.93. The van der Waals surface area contributed by atoms with Gasteiger partial charge in [-0.15, -0.1) is 0 Å². The SMILES string of the molecule is O=S1(=O)CC2(CCN([C@@H]3C[C@@H]4[C@@H]5C3[C@@]45c3cc(C(F)(F)F)n(CC(F)F)n3)CC2)C1. The van der Waals surface area contributed by atoms with E-state index in [2.05, 4.69) is 10.00 Å². The largest absolute Gasteiger partial charge is 0.433 e. The minimum atomic E-state index is -4.71. The molecule has 7 rings (SSSR count). The van der Waals surface area contributed by atoms with Crippen LogP contribution in [0, 0.1) is 23.2 Å². The molecule has 1 aromatic rings. The van der Waals surface area contributed by atoms with Crippen LogP contribution in [0.3, 0.4) is 0 Å². The molecule has 0 radical (unpaired) electrons. The van der Waals surface area contributed by atoms with Crippen LogP contribution < -0.4 is 0 Å².